The van der Waals surface area contributed by atoms with Crippen LogP contribution in [0.2, 0.25) is 0 Å². The molecule has 3 heterocycles. The van der Waals surface area contributed by atoms with Crippen LogP contribution in [-0.4, -0.2) is 26.3 Å². The largest absolute Gasteiger partial charge is 0.472 e. The number of hydrogen-bond donors (Lipinski definition) is 1. The lowest BCUT2D eigenvalue weighted by atomic mass is 10.0. The lowest BCUT2D eigenvalue weighted by Gasteiger charge is -2.27. The highest BCUT2D eigenvalue weighted by molar-refractivity contribution is 5.28. The van der Waals surface area contributed by atoms with Crippen molar-refractivity contribution in [3.05, 3.63) is 41.1 Å². The summed E-state index contributed by atoms with van der Waals surface area (Å²) in [6, 6.07) is 2.00. The zero-order valence-electron chi connectivity index (χ0n) is 11.2. The normalized spacial score (nSPS) is 15.7. The van der Waals surface area contributed by atoms with E-state index in [0.717, 1.165) is 38.3 Å². The Bertz CT molecular complexity index is 545. The molecule has 2 aromatic rings. The maximum absolute atomic E-state index is 9.44. The highest BCUT2D eigenvalue weighted by atomic mass is 16.3. The van der Waals surface area contributed by atoms with Crippen LogP contribution in [0.5, 0.6) is 0 Å². The molecule has 5 heteroatoms. The number of nitrogens with zero attached hydrogens (tertiary/aromatic N) is 3. The van der Waals surface area contributed by atoms with Gasteiger partial charge in [-0.1, -0.05) is 0 Å². The summed E-state index contributed by atoms with van der Waals surface area (Å²) in [5.41, 5.74) is 4.51. The molecular formula is C14H19N3O2. The molecule has 0 spiro atoms. The van der Waals surface area contributed by atoms with Crippen LogP contribution in [0.3, 0.4) is 0 Å². The molecule has 1 aliphatic heterocycles. The van der Waals surface area contributed by atoms with Gasteiger partial charge in [-0.05, 0) is 13.0 Å². The number of hydrogen-bond acceptors (Lipinski definition) is 4. The molecule has 0 aliphatic carbocycles. The van der Waals surface area contributed by atoms with Crippen molar-refractivity contribution in [2.45, 2.75) is 39.6 Å². The monoisotopic (exact) mass is 261 g/mol. The third-order valence-electron chi connectivity index (χ3n) is 3.73. The average Bonchev–Trinajstić information content (AvgIpc) is 3.05. The van der Waals surface area contributed by atoms with E-state index in [0.29, 0.717) is 0 Å². The van der Waals surface area contributed by atoms with Crippen LogP contribution in [0.15, 0.2) is 23.0 Å². The third kappa shape index (κ3) is 2.31. The minimum atomic E-state index is 0.0227. The number of furan rings is 1. The molecular weight excluding hydrogens is 242 g/mol. The summed E-state index contributed by atoms with van der Waals surface area (Å²) in [5.74, 6) is 0. The Balaban J connectivity index is 1.81. The summed E-state index contributed by atoms with van der Waals surface area (Å²) in [6.45, 7) is 5.74. The van der Waals surface area contributed by atoms with E-state index in [4.69, 9.17) is 4.42 Å². The molecule has 0 radical (unpaired) electrons. The second-order valence-corrected chi connectivity index (χ2v) is 4.94. The van der Waals surface area contributed by atoms with Gasteiger partial charge in [-0.15, -0.1) is 0 Å². The molecule has 0 bridgehead atoms. The quantitative estimate of drug-likeness (QED) is 0.907. The molecule has 0 aromatic carbocycles. The summed E-state index contributed by atoms with van der Waals surface area (Å²) < 4.78 is 7.13. The Hall–Kier alpha value is -1.59. The van der Waals surface area contributed by atoms with Crippen LogP contribution in [0.4, 0.5) is 0 Å². The van der Waals surface area contributed by atoms with Crippen LogP contribution in [0, 0.1) is 0 Å². The third-order valence-corrected chi connectivity index (χ3v) is 3.73. The first-order chi connectivity index (χ1) is 9.31. The van der Waals surface area contributed by atoms with Crippen molar-refractivity contribution in [2.24, 2.45) is 0 Å². The van der Waals surface area contributed by atoms with Gasteiger partial charge in [0.25, 0.3) is 0 Å². The lowest BCUT2D eigenvalue weighted by Crippen LogP contribution is -2.30. The van der Waals surface area contributed by atoms with Crippen LogP contribution in [0.25, 0.3) is 0 Å². The smallest absolute Gasteiger partial charge is 0.0947 e. The highest BCUT2D eigenvalue weighted by Crippen LogP contribution is 2.24. The molecule has 0 unspecified atom stereocenters. The van der Waals surface area contributed by atoms with Gasteiger partial charge < -0.3 is 9.52 Å². The predicted molar refractivity (Wildman–Crippen MR) is 70.3 cm³/mol. The fourth-order valence-electron chi connectivity index (χ4n) is 2.78. The van der Waals surface area contributed by atoms with E-state index in [1.165, 1.54) is 16.8 Å². The summed E-state index contributed by atoms with van der Waals surface area (Å²) in [6.07, 6.45) is 4.49. The van der Waals surface area contributed by atoms with Gasteiger partial charge in [0, 0.05) is 49.4 Å². The van der Waals surface area contributed by atoms with E-state index in [2.05, 4.69) is 16.9 Å². The van der Waals surface area contributed by atoms with Crippen molar-refractivity contribution in [1.82, 2.24) is 14.7 Å². The molecule has 2 aromatic heterocycles. The molecule has 102 valence electrons. The molecule has 0 saturated heterocycles. The number of aliphatic hydroxyl groups is 1. The Labute approximate surface area is 112 Å². The van der Waals surface area contributed by atoms with E-state index in [1.54, 1.807) is 12.5 Å². The summed E-state index contributed by atoms with van der Waals surface area (Å²) in [7, 11) is 0. The summed E-state index contributed by atoms with van der Waals surface area (Å²) in [5, 5.41) is 13.9. The zero-order valence-corrected chi connectivity index (χ0v) is 11.2. The van der Waals surface area contributed by atoms with Crippen LogP contribution >= 0.6 is 0 Å². The molecule has 0 fully saturated rings. The highest BCUT2D eigenvalue weighted by Gasteiger charge is 2.24. The van der Waals surface area contributed by atoms with E-state index in [1.807, 2.05) is 10.7 Å². The number of aryl methyl sites for hydroxylation is 1. The summed E-state index contributed by atoms with van der Waals surface area (Å²) in [4.78, 5) is 2.37. The first-order valence-electron chi connectivity index (χ1n) is 6.73. The predicted octanol–water partition coefficient (Wildman–Crippen LogP) is 1.55. The minimum Gasteiger partial charge on any atom is -0.472 e. The number of aromatic nitrogens is 2. The van der Waals surface area contributed by atoms with Gasteiger partial charge in [0.1, 0.15) is 0 Å². The number of rotatable bonds is 4. The van der Waals surface area contributed by atoms with Gasteiger partial charge in [0.15, 0.2) is 0 Å². The second-order valence-electron chi connectivity index (χ2n) is 4.94. The maximum atomic E-state index is 9.44. The second kappa shape index (κ2) is 5.19. The van der Waals surface area contributed by atoms with Crippen molar-refractivity contribution >= 4 is 0 Å². The maximum Gasteiger partial charge on any atom is 0.0947 e. The SMILES string of the molecule is CCn1nc(CO)c2c1CCN(Cc1ccoc1)C2. The average molecular weight is 261 g/mol. The molecule has 1 aliphatic rings. The van der Waals surface area contributed by atoms with Crippen molar-refractivity contribution in [3.63, 3.8) is 0 Å². The van der Waals surface area contributed by atoms with E-state index >= 15 is 0 Å². The Kier molecular flexibility index (Phi) is 3.40. The van der Waals surface area contributed by atoms with Crippen molar-refractivity contribution in [3.8, 4) is 0 Å². The Morgan fingerprint density at radius 1 is 1.47 bits per heavy atom. The molecule has 1 N–H and O–H groups in total. The van der Waals surface area contributed by atoms with Gasteiger partial charge >= 0.3 is 0 Å². The van der Waals surface area contributed by atoms with Crippen LogP contribution in [-0.2, 0) is 32.7 Å². The molecule has 3 rings (SSSR count). The van der Waals surface area contributed by atoms with E-state index in [9.17, 15) is 5.11 Å². The standard InChI is InChI=1S/C14H19N3O2/c1-2-17-14-3-5-16(7-11-4-6-19-10-11)8-12(14)13(9-18)15-17/h4,6,10,18H,2-3,5,7-9H2,1H3. The van der Waals surface area contributed by atoms with Gasteiger partial charge in [-0.2, -0.15) is 5.10 Å². The lowest BCUT2D eigenvalue weighted by molar-refractivity contribution is 0.235. The van der Waals surface area contributed by atoms with Gasteiger partial charge in [-0.3, -0.25) is 9.58 Å². The molecule has 0 saturated carbocycles. The van der Waals surface area contributed by atoms with Gasteiger partial charge in [-0.25, -0.2) is 0 Å². The fourth-order valence-corrected chi connectivity index (χ4v) is 2.78. The molecule has 0 atom stereocenters. The Morgan fingerprint density at radius 3 is 3.05 bits per heavy atom. The van der Waals surface area contributed by atoms with E-state index in [-0.39, 0.29) is 6.61 Å². The van der Waals surface area contributed by atoms with Gasteiger partial charge in [0.05, 0.1) is 24.8 Å². The minimum absolute atomic E-state index is 0.0227. The molecule has 19 heavy (non-hydrogen) atoms. The number of fused-ring (bicyclic) bond motifs is 1. The zero-order chi connectivity index (χ0) is 13.2. The Morgan fingerprint density at radius 2 is 2.37 bits per heavy atom. The van der Waals surface area contributed by atoms with Crippen molar-refractivity contribution < 1.29 is 9.52 Å². The number of aliphatic hydroxyl groups excluding tert-OH is 1. The van der Waals surface area contributed by atoms with Crippen LogP contribution in [0.1, 0.15) is 29.4 Å². The molecule has 5 nitrogen and oxygen atoms in total. The van der Waals surface area contributed by atoms with Crippen LogP contribution < -0.4 is 0 Å². The first-order valence-corrected chi connectivity index (χ1v) is 6.73. The van der Waals surface area contributed by atoms with Gasteiger partial charge in [0.2, 0.25) is 0 Å². The molecule has 0 amide bonds. The first kappa shape index (κ1) is 12.4. The van der Waals surface area contributed by atoms with Crippen molar-refractivity contribution in [1.29, 1.82) is 0 Å². The van der Waals surface area contributed by atoms with Crippen molar-refractivity contribution in [2.75, 3.05) is 6.54 Å². The fraction of sp³-hybridized carbons (Fsp3) is 0.500. The topological polar surface area (TPSA) is 54.4 Å². The summed E-state index contributed by atoms with van der Waals surface area (Å²) >= 11 is 0. The van der Waals surface area contributed by atoms with E-state index < -0.39 is 0 Å².